The first kappa shape index (κ1) is 12.2. The Morgan fingerprint density at radius 1 is 1.20 bits per heavy atom. The molecule has 2 bridgehead atoms. The number of aromatic nitrogens is 1. The average molecular weight is 268 g/mol. The van der Waals surface area contributed by atoms with Gasteiger partial charge in [-0.25, -0.2) is 0 Å². The molecule has 0 amide bonds. The fraction of sp³-hybridized carbons (Fsp3) is 0.471. The van der Waals surface area contributed by atoms with Crippen LogP contribution in [0.3, 0.4) is 0 Å². The minimum Gasteiger partial charge on any atom is -0.350 e. The largest absolute Gasteiger partial charge is 0.350 e. The number of nitrogens with zero attached hydrogens (tertiary/aromatic N) is 2. The number of rotatable bonds is 2. The van der Waals surface area contributed by atoms with Crippen molar-refractivity contribution in [2.24, 2.45) is 13.0 Å². The highest BCUT2D eigenvalue weighted by molar-refractivity contribution is 5.90. The van der Waals surface area contributed by atoms with E-state index >= 15 is 0 Å². The van der Waals surface area contributed by atoms with Crippen molar-refractivity contribution in [3.05, 3.63) is 36.0 Å². The van der Waals surface area contributed by atoms with E-state index in [-0.39, 0.29) is 6.04 Å². The topological polar surface area (TPSA) is 25.2 Å². The molecule has 1 atom stereocenters. The maximum absolute atomic E-state index is 12.5. The number of Topliss-reactive ketones (excluding diaryl/α,β-unsaturated/α-hetero) is 1. The summed E-state index contributed by atoms with van der Waals surface area (Å²) in [7, 11) is 2.08. The van der Waals surface area contributed by atoms with Crippen molar-refractivity contribution in [3.63, 3.8) is 0 Å². The summed E-state index contributed by atoms with van der Waals surface area (Å²) in [6.07, 6.45) is 5.22. The summed E-state index contributed by atoms with van der Waals surface area (Å²) < 4.78 is 2.17. The van der Waals surface area contributed by atoms with Crippen LogP contribution in [0.15, 0.2) is 30.5 Å². The van der Waals surface area contributed by atoms with E-state index in [1.807, 2.05) is 0 Å². The normalized spacial score (nSPS) is 29.2. The highest BCUT2D eigenvalue weighted by atomic mass is 16.1. The van der Waals surface area contributed by atoms with Gasteiger partial charge in [-0.15, -0.1) is 0 Å². The lowest BCUT2D eigenvalue weighted by Crippen LogP contribution is -2.56. The SMILES string of the molecule is Cn1cc(CC2C(=O)C3CCN2CC3)c2ccccc21. The first-order chi connectivity index (χ1) is 9.74. The number of piperidine rings is 3. The van der Waals surface area contributed by atoms with Crippen LogP contribution in [0.1, 0.15) is 18.4 Å². The van der Waals surface area contributed by atoms with Gasteiger partial charge in [0.15, 0.2) is 5.78 Å². The maximum Gasteiger partial charge on any atom is 0.153 e. The van der Waals surface area contributed by atoms with Crippen molar-refractivity contribution in [3.8, 4) is 0 Å². The molecule has 3 aliphatic heterocycles. The van der Waals surface area contributed by atoms with Crippen molar-refractivity contribution in [1.29, 1.82) is 0 Å². The van der Waals surface area contributed by atoms with Gasteiger partial charge in [0.25, 0.3) is 0 Å². The van der Waals surface area contributed by atoms with Crippen LogP contribution < -0.4 is 0 Å². The monoisotopic (exact) mass is 268 g/mol. The van der Waals surface area contributed by atoms with E-state index in [0.29, 0.717) is 11.7 Å². The van der Waals surface area contributed by atoms with Gasteiger partial charge in [0, 0.05) is 30.1 Å². The third-order valence-electron chi connectivity index (χ3n) is 5.09. The second kappa shape index (κ2) is 4.45. The van der Waals surface area contributed by atoms with E-state index in [2.05, 4.69) is 47.0 Å². The Labute approximate surface area is 119 Å². The molecule has 0 aliphatic carbocycles. The van der Waals surface area contributed by atoms with Crippen molar-refractivity contribution >= 4 is 16.7 Å². The summed E-state index contributed by atoms with van der Waals surface area (Å²) in [5, 5.41) is 1.30. The van der Waals surface area contributed by atoms with Gasteiger partial charge in [-0.3, -0.25) is 9.69 Å². The molecule has 0 saturated carbocycles. The predicted octanol–water partition coefficient (Wildman–Crippen LogP) is 2.38. The molecule has 4 heterocycles. The summed E-state index contributed by atoms with van der Waals surface area (Å²) in [4.78, 5) is 14.9. The van der Waals surface area contributed by atoms with Crippen LogP contribution in [-0.4, -0.2) is 34.4 Å². The fourth-order valence-corrected chi connectivity index (χ4v) is 3.97. The maximum atomic E-state index is 12.5. The molecule has 3 aliphatic rings. The van der Waals surface area contributed by atoms with Gasteiger partial charge in [-0.05, 0) is 44.0 Å². The molecule has 3 fully saturated rings. The predicted molar refractivity (Wildman–Crippen MR) is 79.7 cm³/mol. The van der Waals surface area contributed by atoms with Gasteiger partial charge in [-0.2, -0.15) is 0 Å². The molecule has 1 aromatic heterocycles. The second-order valence-corrected chi connectivity index (χ2v) is 6.21. The van der Waals surface area contributed by atoms with Crippen LogP contribution in [0.4, 0.5) is 0 Å². The Hall–Kier alpha value is -1.61. The van der Waals surface area contributed by atoms with Gasteiger partial charge < -0.3 is 4.57 Å². The summed E-state index contributed by atoms with van der Waals surface area (Å²) in [6, 6.07) is 8.59. The zero-order chi connectivity index (χ0) is 13.7. The smallest absolute Gasteiger partial charge is 0.153 e. The number of carbonyl (C=O) groups excluding carboxylic acids is 1. The Kier molecular flexibility index (Phi) is 2.71. The Bertz CT molecular complexity index is 665. The summed E-state index contributed by atoms with van der Waals surface area (Å²) in [6.45, 7) is 2.21. The lowest BCUT2D eigenvalue weighted by molar-refractivity contribution is -0.136. The Morgan fingerprint density at radius 3 is 2.70 bits per heavy atom. The van der Waals surface area contributed by atoms with Crippen molar-refractivity contribution in [1.82, 2.24) is 9.47 Å². The van der Waals surface area contributed by atoms with Crippen LogP contribution >= 0.6 is 0 Å². The van der Waals surface area contributed by atoms with Crippen molar-refractivity contribution in [2.75, 3.05) is 13.1 Å². The van der Waals surface area contributed by atoms with Gasteiger partial charge in [-0.1, -0.05) is 18.2 Å². The summed E-state index contributed by atoms with van der Waals surface area (Å²) in [5.41, 5.74) is 2.57. The molecule has 3 saturated heterocycles. The number of benzene rings is 1. The van der Waals surface area contributed by atoms with Gasteiger partial charge >= 0.3 is 0 Å². The number of hydrogen-bond donors (Lipinski definition) is 0. The summed E-state index contributed by atoms with van der Waals surface area (Å²) in [5.74, 6) is 0.815. The molecule has 20 heavy (non-hydrogen) atoms. The molecule has 2 aromatic rings. The lowest BCUT2D eigenvalue weighted by atomic mass is 9.80. The number of carbonyl (C=O) groups is 1. The van der Waals surface area contributed by atoms with E-state index < -0.39 is 0 Å². The van der Waals surface area contributed by atoms with Gasteiger partial charge in [0.05, 0.1) is 6.04 Å². The van der Waals surface area contributed by atoms with E-state index in [9.17, 15) is 4.79 Å². The van der Waals surface area contributed by atoms with E-state index in [1.165, 1.54) is 16.5 Å². The number of fused-ring (bicyclic) bond motifs is 4. The van der Waals surface area contributed by atoms with Crippen LogP contribution in [0, 0.1) is 5.92 Å². The molecule has 104 valence electrons. The second-order valence-electron chi connectivity index (χ2n) is 6.21. The highest BCUT2D eigenvalue weighted by Crippen LogP contribution is 2.32. The number of hydrogen-bond acceptors (Lipinski definition) is 2. The molecule has 0 spiro atoms. The third kappa shape index (κ3) is 1.73. The van der Waals surface area contributed by atoms with Crippen LogP contribution in [0.25, 0.3) is 10.9 Å². The van der Waals surface area contributed by atoms with Crippen LogP contribution in [0.5, 0.6) is 0 Å². The molecule has 0 N–H and O–H groups in total. The number of ketones is 1. The average Bonchev–Trinajstić information content (AvgIpc) is 2.80. The van der Waals surface area contributed by atoms with E-state index in [4.69, 9.17) is 0 Å². The fourth-order valence-electron chi connectivity index (χ4n) is 3.97. The minimum absolute atomic E-state index is 0.119. The molecular weight excluding hydrogens is 248 g/mol. The van der Waals surface area contributed by atoms with E-state index in [1.54, 1.807) is 0 Å². The standard InChI is InChI=1S/C17H20N2O/c1-18-11-13(14-4-2-3-5-15(14)18)10-16-17(20)12-6-8-19(16)9-7-12/h2-5,11-12,16H,6-10H2,1H3. The Balaban J connectivity index is 1.69. The molecule has 3 nitrogen and oxygen atoms in total. The molecule has 3 heteroatoms. The van der Waals surface area contributed by atoms with E-state index in [0.717, 1.165) is 32.4 Å². The van der Waals surface area contributed by atoms with Crippen molar-refractivity contribution < 1.29 is 4.79 Å². The van der Waals surface area contributed by atoms with Crippen LogP contribution in [0.2, 0.25) is 0 Å². The lowest BCUT2D eigenvalue weighted by Gasteiger charge is -2.44. The molecule has 5 rings (SSSR count). The zero-order valence-corrected chi connectivity index (χ0v) is 11.9. The molecule has 0 radical (unpaired) electrons. The van der Waals surface area contributed by atoms with Crippen LogP contribution in [-0.2, 0) is 18.3 Å². The zero-order valence-electron chi connectivity index (χ0n) is 11.9. The highest BCUT2D eigenvalue weighted by Gasteiger charge is 2.40. The van der Waals surface area contributed by atoms with Gasteiger partial charge in [0.1, 0.15) is 0 Å². The van der Waals surface area contributed by atoms with Gasteiger partial charge in [0.2, 0.25) is 0 Å². The summed E-state index contributed by atoms with van der Waals surface area (Å²) >= 11 is 0. The number of aryl methyl sites for hydroxylation is 1. The molecule has 1 aromatic carbocycles. The minimum atomic E-state index is 0.119. The first-order valence-corrected chi connectivity index (χ1v) is 7.55. The number of para-hydroxylation sites is 1. The quantitative estimate of drug-likeness (QED) is 0.835. The molecule has 1 unspecified atom stereocenters. The molecular formula is C17H20N2O. The Morgan fingerprint density at radius 2 is 1.95 bits per heavy atom. The van der Waals surface area contributed by atoms with Crippen molar-refractivity contribution in [2.45, 2.75) is 25.3 Å². The third-order valence-corrected chi connectivity index (χ3v) is 5.09. The first-order valence-electron chi connectivity index (χ1n) is 7.55.